The Morgan fingerprint density at radius 3 is 2.80 bits per heavy atom. The normalized spacial score (nSPS) is 10.6. The number of halogens is 1. The molecule has 0 aliphatic rings. The van der Waals surface area contributed by atoms with Crippen LogP contribution in [0.25, 0.3) is 10.9 Å². The number of esters is 1. The van der Waals surface area contributed by atoms with Crippen molar-refractivity contribution in [1.82, 2.24) is 4.98 Å². The molecule has 20 heavy (non-hydrogen) atoms. The van der Waals surface area contributed by atoms with Crippen molar-refractivity contribution < 1.29 is 13.9 Å². The highest BCUT2D eigenvalue weighted by Crippen LogP contribution is 2.28. The molecule has 0 aliphatic heterocycles. The van der Waals surface area contributed by atoms with Crippen LogP contribution in [0.3, 0.4) is 0 Å². The molecule has 0 saturated heterocycles. The van der Waals surface area contributed by atoms with Crippen molar-refractivity contribution in [2.45, 2.75) is 20.8 Å². The van der Waals surface area contributed by atoms with E-state index < -0.39 is 5.97 Å². The van der Waals surface area contributed by atoms with Crippen LogP contribution >= 0.6 is 0 Å². The molecule has 0 fully saturated rings. The summed E-state index contributed by atoms with van der Waals surface area (Å²) in [6.45, 7) is 6.30. The van der Waals surface area contributed by atoms with E-state index in [4.69, 9.17) is 4.74 Å². The van der Waals surface area contributed by atoms with Gasteiger partial charge in [-0.3, -0.25) is 4.98 Å². The molecule has 4 nitrogen and oxygen atoms in total. The van der Waals surface area contributed by atoms with Crippen molar-refractivity contribution in [3.05, 3.63) is 35.3 Å². The summed E-state index contributed by atoms with van der Waals surface area (Å²) in [6.07, 6.45) is 1.42. The first kappa shape index (κ1) is 14.2. The Hall–Kier alpha value is -2.17. The second-order valence-electron chi connectivity index (χ2n) is 4.42. The smallest absolute Gasteiger partial charge is 0.341 e. The molecule has 0 radical (unpaired) electrons. The summed E-state index contributed by atoms with van der Waals surface area (Å²) in [7, 11) is 0. The van der Waals surface area contributed by atoms with Crippen LogP contribution in [0.1, 0.15) is 29.8 Å². The molecule has 2 rings (SSSR count). The fourth-order valence-corrected chi connectivity index (χ4v) is 2.05. The van der Waals surface area contributed by atoms with Crippen LogP contribution in [0.2, 0.25) is 0 Å². The van der Waals surface area contributed by atoms with Gasteiger partial charge < -0.3 is 10.1 Å². The zero-order chi connectivity index (χ0) is 14.7. The van der Waals surface area contributed by atoms with Crippen LogP contribution in [0.4, 0.5) is 10.1 Å². The van der Waals surface area contributed by atoms with Crippen molar-refractivity contribution in [2.75, 3.05) is 18.5 Å². The van der Waals surface area contributed by atoms with Gasteiger partial charge in [0.15, 0.2) is 0 Å². The van der Waals surface area contributed by atoms with Crippen LogP contribution < -0.4 is 5.32 Å². The van der Waals surface area contributed by atoms with Crippen molar-refractivity contribution >= 4 is 22.6 Å². The number of benzene rings is 1. The van der Waals surface area contributed by atoms with Crippen LogP contribution in [0.15, 0.2) is 18.3 Å². The van der Waals surface area contributed by atoms with E-state index in [1.165, 1.54) is 12.3 Å². The number of rotatable bonds is 4. The summed E-state index contributed by atoms with van der Waals surface area (Å²) in [6, 6.07) is 3.07. The van der Waals surface area contributed by atoms with Crippen LogP contribution in [-0.2, 0) is 4.74 Å². The molecule has 0 aliphatic carbocycles. The molecule has 1 aromatic heterocycles. The van der Waals surface area contributed by atoms with Gasteiger partial charge in [-0.1, -0.05) is 0 Å². The molecule has 0 atom stereocenters. The Balaban J connectivity index is 2.67. The number of anilines is 1. The third kappa shape index (κ3) is 2.57. The molecule has 2 aromatic rings. The fourth-order valence-electron chi connectivity index (χ4n) is 2.05. The van der Waals surface area contributed by atoms with Crippen molar-refractivity contribution in [1.29, 1.82) is 0 Å². The number of hydrogen-bond donors (Lipinski definition) is 1. The molecular weight excluding hydrogens is 259 g/mol. The number of pyridine rings is 1. The van der Waals surface area contributed by atoms with Crippen molar-refractivity contribution in [3.63, 3.8) is 0 Å². The Bertz CT molecular complexity index is 656. The second-order valence-corrected chi connectivity index (χ2v) is 4.42. The molecule has 0 saturated carbocycles. The Morgan fingerprint density at radius 1 is 1.40 bits per heavy atom. The Labute approximate surface area is 117 Å². The van der Waals surface area contributed by atoms with Gasteiger partial charge in [0.2, 0.25) is 0 Å². The molecule has 0 bridgehead atoms. The summed E-state index contributed by atoms with van der Waals surface area (Å²) < 4.78 is 18.6. The van der Waals surface area contributed by atoms with E-state index in [1.54, 1.807) is 19.9 Å². The molecule has 0 amide bonds. The quantitative estimate of drug-likeness (QED) is 0.871. The minimum absolute atomic E-state index is 0.297. The van der Waals surface area contributed by atoms with E-state index >= 15 is 0 Å². The van der Waals surface area contributed by atoms with Gasteiger partial charge in [0.25, 0.3) is 0 Å². The Morgan fingerprint density at radius 2 is 2.15 bits per heavy atom. The number of aromatic nitrogens is 1. The van der Waals surface area contributed by atoms with Gasteiger partial charge >= 0.3 is 5.97 Å². The first-order chi connectivity index (χ1) is 9.58. The predicted octanol–water partition coefficient (Wildman–Crippen LogP) is 3.29. The van der Waals surface area contributed by atoms with Crippen LogP contribution in [0, 0.1) is 12.7 Å². The van der Waals surface area contributed by atoms with Gasteiger partial charge in [-0.15, -0.1) is 0 Å². The molecule has 106 valence electrons. The van der Waals surface area contributed by atoms with Crippen LogP contribution in [-0.4, -0.2) is 24.1 Å². The number of nitrogens with one attached hydrogen (secondary N) is 1. The molecule has 0 unspecified atom stereocenters. The van der Waals surface area contributed by atoms with E-state index in [9.17, 15) is 9.18 Å². The number of hydrogen-bond acceptors (Lipinski definition) is 4. The number of carbonyl (C=O) groups is 1. The summed E-state index contributed by atoms with van der Waals surface area (Å²) >= 11 is 0. The lowest BCUT2D eigenvalue weighted by molar-refractivity contribution is 0.0527. The van der Waals surface area contributed by atoms with Gasteiger partial charge in [-0.05, 0) is 32.4 Å². The maximum Gasteiger partial charge on any atom is 0.341 e. The number of ether oxygens (including phenoxy) is 1. The maximum absolute atomic E-state index is 13.6. The van der Waals surface area contributed by atoms with Crippen molar-refractivity contribution in [2.24, 2.45) is 0 Å². The summed E-state index contributed by atoms with van der Waals surface area (Å²) in [5, 5.41) is 3.86. The van der Waals surface area contributed by atoms with E-state index in [0.717, 1.165) is 5.39 Å². The zero-order valence-corrected chi connectivity index (χ0v) is 11.8. The SMILES string of the molecule is CCNc1c(C(=O)OCC)cnc2cc(F)c(C)cc12. The Kier molecular flexibility index (Phi) is 4.17. The number of carbonyl (C=O) groups excluding carboxylic acids is 1. The van der Waals surface area contributed by atoms with Gasteiger partial charge in [-0.25, -0.2) is 9.18 Å². The molecule has 1 aromatic carbocycles. The van der Waals surface area contributed by atoms with Gasteiger partial charge in [0.1, 0.15) is 11.4 Å². The average molecular weight is 276 g/mol. The number of aryl methyl sites for hydroxylation is 1. The zero-order valence-electron chi connectivity index (χ0n) is 11.8. The third-order valence-electron chi connectivity index (χ3n) is 3.00. The second kappa shape index (κ2) is 5.86. The number of nitrogens with zero attached hydrogens (tertiary/aromatic N) is 1. The van der Waals surface area contributed by atoms with Gasteiger partial charge in [-0.2, -0.15) is 0 Å². The lowest BCUT2D eigenvalue weighted by atomic mass is 10.1. The standard InChI is InChI=1S/C15H17FN2O2/c1-4-17-14-10-6-9(3)12(16)7-13(10)18-8-11(14)15(19)20-5-2/h6-8H,4-5H2,1-3H3,(H,17,18). The maximum atomic E-state index is 13.6. The largest absolute Gasteiger partial charge is 0.462 e. The highest BCUT2D eigenvalue weighted by atomic mass is 19.1. The molecule has 0 spiro atoms. The van der Waals surface area contributed by atoms with Gasteiger partial charge in [0.05, 0.1) is 17.8 Å². The highest BCUT2D eigenvalue weighted by Gasteiger charge is 2.17. The predicted molar refractivity (Wildman–Crippen MR) is 76.6 cm³/mol. The third-order valence-corrected chi connectivity index (χ3v) is 3.00. The first-order valence-corrected chi connectivity index (χ1v) is 6.58. The van der Waals surface area contributed by atoms with E-state index in [-0.39, 0.29) is 5.82 Å². The summed E-state index contributed by atoms with van der Waals surface area (Å²) in [5.74, 6) is -0.740. The van der Waals surface area contributed by atoms with E-state index in [1.807, 2.05) is 6.92 Å². The first-order valence-electron chi connectivity index (χ1n) is 6.58. The van der Waals surface area contributed by atoms with Gasteiger partial charge in [0, 0.05) is 24.2 Å². The average Bonchev–Trinajstić information content (AvgIpc) is 2.41. The minimum atomic E-state index is -0.431. The molecule has 5 heteroatoms. The topological polar surface area (TPSA) is 51.2 Å². The summed E-state index contributed by atoms with van der Waals surface area (Å²) in [5.41, 5.74) is 2.03. The highest BCUT2D eigenvalue weighted by molar-refractivity contribution is 6.05. The molecule has 1 N–H and O–H groups in total. The van der Waals surface area contributed by atoms with Crippen molar-refractivity contribution in [3.8, 4) is 0 Å². The fraction of sp³-hybridized carbons (Fsp3) is 0.333. The van der Waals surface area contributed by atoms with E-state index in [0.29, 0.717) is 35.5 Å². The number of fused-ring (bicyclic) bond motifs is 1. The monoisotopic (exact) mass is 276 g/mol. The molecule has 1 heterocycles. The minimum Gasteiger partial charge on any atom is -0.462 e. The van der Waals surface area contributed by atoms with Crippen LogP contribution in [0.5, 0.6) is 0 Å². The van der Waals surface area contributed by atoms with E-state index in [2.05, 4.69) is 10.3 Å². The lowest BCUT2D eigenvalue weighted by Gasteiger charge is -2.13. The molecular formula is C15H17FN2O2. The lowest BCUT2D eigenvalue weighted by Crippen LogP contribution is -2.11. The summed E-state index contributed by atoms with van der Waals surface area (Å²) in [4.78, 5) is 16.1.